The number of likely N-dealkylation sites (tertiary alicyclic amines) is 1. The standard InChI is InChI=1S/C19H30N2O2/c1-3-22-19(20)8-5-13-23-18-7-4-6-17(14-18)15-21-11-9-16(2)10-12-21/h4,6-7,14,16,20H,3,5,8-13,15H2,1-2H3. The molecule has 4 nitrogen and oxygen atoms in total. The predicted octanol–water partition coefficient (Wildman–Crippen LogP) is 4.09. The highest BCUT2D eigenvalue weighted by Gasteiger charge is 2.15. The first kappa shape index (κ1) is 17.8. The summed E-state index contributed by atoms with van der Waals surface area (Å²) in [7, 11) is 0. The van der Waals surface area contributed by atoms with Gasteiger partial charge in [-0.25, -0.2) is 0 Å². The second-order valence-corrected chi connectivity index (χ2v) is 6.41. The first-order valence-electron chi connectivity index (χ1n) is 8.81. The SMILES string of the molecule is CCOC(=N)CCCOc1cccc(CN2CCC(C)CC2)c1. The molecule has 1 saturated heterocycles. The molecule has 128 valence electrons. The van der Waals surface area contributed by atoms with Gasteiger partial charge in [0.05, 0.1) is 13.2 Å². The van der Waals surface area contributed by atoms with Gasteiger partial charge in [-0.05, 0) is 62.9 Å². The molecule has 0 radical (unpaired) electrons. The van der Waals surface area contributed by atoms with Gasteiger partial charge in [-0.15, -0.1) is 0 Å². The molecule has 1 N–H and O–H groups in total. The molecule has 1 aliphatic rings. The lowest BCUT2D eigenvalue weighted by atomic mass is 9.99. The van der Waals surface area contributed by atoms with Gasteiger partial charge in [0.1, 0.15) is 5.75 Å². The molecule has 0 amide bonds. The van der Waals surface area contributed by atoms with Crippen molar-refractivity contribution in [3.05, 3.63) is 29.8 Å². The molecule has 2 rings (SSSR count). The molecule has 0 bridgehead atoms. The van der Waals surface area contributed by atoms with Crippen molar-refractivity contribution in [2.45, 2.75) is 46.1 Å². The summed E-state index contributed by atoms with van der Waals surface area (Å²) in [6.45, 7) is 8.85. The van der Waals surface area contributed by atoms with Gasteiger partial charge in [-0.2, -0.15) is 0 Å². The smallest absolute Gasteiger partial charge is 0.180 e. The predicted molar refractivity (Wildman–Crippen MR) is 94.2 cm³/mol. The van der Waals surface area contributed by atoms with Crippen LogP contribution in [0, 0.1) is 11.3 Å². The molecule has 1 heterocycles. The van der Waals surface area contributed by atoms with Crippen molar-refractivity contribution in [1.82, 2.24) is 4.90 Å². The molecule has 1 fully saturated rings. The zero-order chi connectivity index (χ0) is 16.5. The van der Waals surface area contributed by atoms with Gasteiger partial charge in [0, 0.05) is 13.0 Å². The van der Waals surface area contributed by atoms with E-state index in [1.807, 2.05) is 13.0 Å². The molecule has 4 heteroatoms. The van der Waals surface area contributed by atoms with Gasteiger partial charge >= 0.3 is 0 Å². The Bertz CT molecular complexity index is 482. The molecule has 1 aromatic rings. The Labute approximate surface area is 140 Å². The summed E-state index contributed by atoms with van der Waals surface area (Å²) in [5, 5.41) is 7.58. The van der Waals surface area contributed by atoms with Crippen LogP contribution in [0.15, 0.2) is 24.3 Å². The van der Waals surface area contributed by atoms with Crippen LogP contribution in [0.2, 0.25) is 0 Å². The Kier molecular flexibility index (Phi) is 7.40. The van der Waals surface area contributed by atoms with Crippen LogP contribution in [-0.4, -0.2) is 37.1 Å². The van der Waals surface area contributed by atoms with E-state index >= 15 is 0 Å². The van der Waals surface area contributed by atoms with Gasteiger partial charge in [-0.3, -0.25) is 10.3 Å². The Hall–Kier alpha value is -1.55. The van der Waals surface area contributed by atoms with Crippen LogP contribution in [0.1, 0.15) is 45.1 Å². The number of rotatable bonds is 8. The quantitative estimate of drug-likeness (QED) is 0.446. The second kappa shape index (κ2) is 9.56. The number of hydrogen-bond acceptors (Lipinski definition) is 4. The van der Waals surface area contributed by atoms with Gasteiger partial charge in [-0.1, -0.05) is 19.1 Å². The molecule has 0 aliphatic carbocycles. The maximum Gasteiger partial charge on any atom is 0.180 e. The first-order chi connectivity index (χ1) is 11.2. The van der Waals surface area contributed by atoms with E-state index in [0.717, 1.165) is 24.6 Å². The Morgan fingerprint density at radius 3 is 2.83 bits per heavy atom. The van der Waals surface area contributed by atoms with E-state index in [1.54, 1.807) is 0 Å². The van der Waals surface area contributed by atoms with Gasteiger partial charge in [0.2, 0.25) is 0 Å². The average molecular weight is 318 g/mol. The topological polar surface area (TPSA) is 45.6 Å². The monoisotopic (exact) mass is 318 g/mol. The van der Waals surface area contributed by atoms with E-state index in [1.165, 1.54) is 31.5 Å². The van der Waals surface area contributed by atoms with E-state index in [0.29, 0.717) is 25.5 Å². The zero-order valence-electron chi connectivity index (χ0n) is 14.5. The Morgan fingerprint density at radius 2 is 2.09 bits per heavy atom. The molecule has 1 aliphatic heterocycles. The summed E-state index contributed by atoms with van der Waals surface area (Å²) in [4.78, 5) is 2.53. The first-order valence-corrected chi connectivity index (χ1v) is 8.81. The van der Waals surface area contributed by atoms with Crippen LogP contribution >= 0.6 is 0 Å². The zero-order valence-corrected chi connectivity index (χ0v) is 14.5. The lowest BCUT2D eigenvalue weighted by Gasteiger charge is -2.30. The highest BCUT2D eigenvalue weighted by atomic mass is 16.5. The summed E-state index contributed by atoms with van der Waals surface area (Å²) in [5.74, 6) is 2.15. The second-order valence-electron chi connectivity index (χ2n) is 6.41. The number of benzene rings is 1. The van der Waals surface area contributed by atoms with Crippen LogP contribution < -0.4 is 4.74 Å². The van der Waals surface area contributed by atoms with Crippen LogP contribution in [0.25, 0.3) is 0 Å². The molecular formula is C19H30N2O2. The van der Waals surface area contributed by atoms with E-state index in [2.05, 4.69) is 30.0 Å². The largest absolute Gasteiger partial charge is 0.494 e. The van der Waals surface area contributed by atoms with Gasteiger partial charge in [0.15, 0.2) is 5.90 Å². The van der Waals surface area contributed by atoms with E-state index in [9.17, 15) is 0 Å². The average Bonchev–Trinajstić information content (AvgIpc) is 2.55. The molecule has 0 unspecified atom stereocenters. The van der Waals surface area contributed by atoms with E-state index < -0.39 is 0 Å². The Balaban J connectivity index is 1.73. The number of hydrogen-bond donors (Lipinski definition) is 1. The van der Waals surface area contributed by atoms with Gasteiger partial charge < -0.3 is 9.47 Å². The van der Waals surface area contributed by atoms with E-state index in [-0.39, 0.29) is 0 Å². The van der Waals surface area contributed by atoms with Crippen molar-refractivity contribution in [2.24, 2.45) is 5.92 Å². The fourth-order valence-corrected chi connectivity index (χ4v) is 2.88. The molecule has 0 saturated carbocycles. The third-order valence-corrected chi connectivity index (χ3v) is 4.32. The van der Waals surface area contributed by atoms with Crippen LogP contribution in [0.5, 0.6) is 5.75 Å². The van der Waals surface area contributed by atoms with Crippen LogP contribution in [0.4, 0.5) is 0 Å². The van der Waals surface area contributed by atoms with Crippen molar-refractivity contribution in [3.63, 3.8) is 0 Å². The fraction of sp³-hybridized carbons (Fsp3) is 0.632. The minimum atomic E-state index is 0.351. The third-order valence-electron chi connectivity index (χ3n) is 4.32. The molecule has 23 heavy (non-hydrogen) atoms. The summed E-state index contributed by atoms with van der Waals surface area (Å²) >= 11 is 0. The minimum absolute atomic E-state index is 0.351. The molecular weight excluding hydrogens is 288 g/mol. The van der Waals surface area contributed by atoms with Crippen molar-refractivity contribution in [1.29, 1.82) is 5.41 Å². The maximum absolute atomic E-state index is 7.58. The maximum atomic E-state index is 7.58. The molecule has 0 atom stereocenters. The van der Waals surface area contributed by atoms with E-state index in [4.69, 9.17) is 14.9 Å². The highest BCUT2D eigenvalue weighted by molar-refractivity contribution is 5.72. The third kappa shape index (κ3) is 6.61. The van der Waals surface area contributed by atoms with Crippen molar-refractivity contribution in [2.75, 3.05) is 26.3 Å². The summed E-state index contributed by atoms with van der Waals surface area (Å²) in [6.07, 6.45) is 4.07. The van der Waals surface area contributed by atoms with Crippen molar-refractivity contribution >= 4 is 5.90 Å². The van der Waals surface area contributed by atoms with Gasteiger partial charge in [0.25, 0.3) is 0 Å². The normalized spacial score (nSPS) is 16.3. The van der Waals surface area contributed by atoms with Crippen molar-refractivity contribution < 1.29 is 9.47 Å². The number of nitrogens with one attached hydrogen (secondary N) is 1. The summed E-state index contributed by atoms with van der Waals surface area (Å²) in [6, 6.07) is 8.40. The molecule has 0 spiro atoms. The lowest BCUT2D eigenvalue weighted by molar-refractivity contribution is 0.185. The molecule has 1 aromatic carbocycles. The summed E-state index contributed by atoms with van der Waals surface area (Å²) in [5.41, 5.74) is 1.32. The van der Waals surface area contributed by atoms with Crippen LogP contribution in [0.3, 0.4) is 0 Å². The molecule has 0 aromatic heterocycles. The lowest BCUT2D eigenvalue weighted by Crippen LogP contribution is -2.32. The fourth-order valence-electron chi connectivity index (χ4n) is 2.88. The van der Waals surface area contributed by atoms with Crippen molar-refractivity contribution in [3.8, 4) is 5.75 Å². The number of nitrogens with zero attached hydrogens (tertiary/aromatic N) is 1. The minimum Gasteiger partial charge on any atom is -0.494 e. The number of ether oxygens (including phenoxy) is 2. The summed E-state index contributed by atoms with van der Waals surface area (Å²) < 4.78 is 10.9. The number of piperidine rings is 1. The highest BCUT2D eigenvalue weighted by Crippen LogP contribution is 2.20. The van der Waals surface area contributed by atoms with Crippen LogP contribution in [-0.2, 0) is 11.3 Å². The Morgan fingerprint density at radius 1 is 1.30 bits per heavy atom.